The second kappa shape index (κ2) is 4.21. The number of nitrogens with zero attached hydrogens (tertiary/aromatic N) is 1. The SMILES string of the molecule is COc1cc(OC)c2c(c1)c1c(n2C)CCNC1. The summed E-state index contributed by atoms with van der Waals surface area (Å²) in [5.74, 6) is 1.72. The summed E-state index contributed by atoms with van der Waals surface area (Å²) in [6.07, 6.45) is 1.06. The summed E-state index contributed by atoms with van der Waals surface area (Å²) in [5.41, 5.74) is 3.93. The summed E-state index contributed by atoms with van der Waals surface area (Å²) < 4.78 is 13.1. The molecule has 0 saturated heterocycles. The van der Waals surface area contributed by atoms with Gasteiger partial charge >= 0.3 is 0 Å². The Kier molecular flexibility index (Phi) is 2.67. The normalized spacial score (nSPS) is 14.6. The van der Waals surface area contributed by atoms with Gasteiger partial charge in [0.15, 0.2) is 0 Å². The van der Waals surface area contributed by atoms with Crippen molar-refractivity contribution in [1.82, 2.24) is 9.88 Å². The molecule has 1 aromatic heterocycles. The van der Waals surface area contributed by atoms with Crippen LogP contribution in [0.4, 0.5) is 0 Å². The summed E-state index contributed by atoms with van der Waals surface area (Å²) >= 11 is 0. The fourth-order valence-electron chi connectivity index (χ4n) is 2.86. The average molecular weight is 246 g/mol. The zero-order valence-corrected chi connectivity index (χ0v) is 11.0. The highest BCUT2D eigenvalue weighted by Crippen LogP contribution is 2.37. The molecule has 2 heterocycles. The molecule has 1 aliphatic heterocycles. The van der Waals surface area contributed by atoms with E-state index < -0.39 is 0 Å². The van der Waals surface area contributed by atoms with Gasteiger partial charge in [0, 0.05) is 43.7 Å². The van der Waals surface area contributed by atoms with Crippen molar-refractivity contribution in [1.29, 1.82) is 0 Å². The van der Waals surface area contributed by atoms with Gasteiger partial charge in [-0.3, -0.25) is 0 Å². The molecule has 0 amide bonds. The van der Waals surface area contributed by atoms with Gasteiger partial charge in [0.2, 0.25) is 0 Å². The van der Waals surface area contributed by atoms with E-state index in [9.17, 15) is 0 Å². The van der Waals surface area contributed by atoms with Crippen LogP contribution in [0.2, 0.25) is 0 Å². The fraction of sp³-hybridized carbons (Fsp3) is 0.429. The van der Waals surface area contributed by atoms with Crippen molar-refractivity contribution in [3.05, 3.63) is 23.4 Å². The van der Waals surface area contributed by atoms with E-state index in [0.29, 0.717) is 0 Å². The number of aromatic nitrogens is 1. The average Bonchev–Trinajstić information content (AvgIpc) is 2.72. The van der Waals surface area contributed by atoms with Crippen LogP contribution < -0.4 is 14.8 Å². The lowest BCUT2D eigenvalue weighted by Gasteiger charge is -2.14. The molecule has 96 valence electrons. The Morgan fingerprint density at radius 1 is 1.22 bits per heavy atom. The van der Waals surface area contributed by atoms with E-state index in [-0.39, 0.29) is 0 Å². The Hall–Kier alpha value is -1.68. The number of ether oxygens (including phenoxy) is 2. The molecule has 0 atom stereocenters. The molecule has 0 unspecified atom stereocenters. The number of hydrogen-bond acceptors (Lipinski definition) is 3. The maximum atomic E-state index is 5.51. The molecule has 2 aromatic rings. The van der Waals surface area contributed by atoms with Crippen LogP contribution in [0.5, 0.6) is 11.5 Å². The third-order valence-corrected chi connectivity index (χ3v) is 3.76. The van der Waals surface area contributed by atoms with Crippen LogP contribution in [0.25, 0.3) is 10.9 Å². The molecular formula is C14H18N2O2. The van der Waals surface area contributed by atoms with Gasteiger partial charge in [-0.15, -0.1) is 0 Å². The fourth-order valence-corrected chi connectivity index (χ4v) is 2.86. The number of rotatable bonds is 2. The first-order valence-electron chi connectivity index (χ1n) is 6.19. The molecule has 1 N–H and O–H groups in total. The highest BCUT2D eigenvalue weighted by Gasteiger charge is 2.21. The first-order chi connectivity index (χ1) is 8.76. The summed E-state index contributed by atoms with van der Waals surface area (Å²) in [6, 6.07) is 4.05. The number of benzene rings is 1. The van der Waals surface area contributed by atoms with Crippen LogP contribution >= 0.6 is 0 Å². The van der Waals surface area contributed by atoms with Crippen molar-refractivity contribution in [3.8, 4) is 11.5 Å². The smallest absolute Gasteiger partial charge is 0.146 e. The Balaban J connectivity index is 2.37. The second-order valence-electron chi connectivity index (χ2n) is 4.64. The summed E-state index contributed by atoms with van der Waals surface area (Å²) in [6.45, 7) is 1.96. The van der Waals surface area contributed by atoms with Crippen LogP contribution in [0.1, 0.15) is 11.3 Å². The number of methoxy groups -OCH3 is 2. The molecule has 0 aliphatic carbocycles. The molecule has 1 aliphatic rings. The van der Waals surface area contributed by atoms with Crippen LogP contribution in [0, 0.1) is 0 Å². The predicted octanol–water partition coefficient (Wildman–Crippen LogP) is 1.84. The Labute approximate surface area is 106 Å². The zero-order chi connectivity index (χ0) is 12.7. The largest absolute Gasteiger partial charge is 0.497 e. The zero-order valence-electron chi connectivity index (χ0n) is 11.0. The molecule has 0 spiro atoms. The van der Waals surface area contributed by atoms with E-state index in [2.05, 4.69) is 23.0 Å². The van der Waals surface area contributed by atoms with Crippen LogP contribution in [-0.2, 0) is 20.0 Å². The number of hydrogen-bond donors (Lipinski definition) is 1. The van der Waals surface area contributed by atoms with Crippen LogP contribution in [0.3, 0.4) is 0 Å². The van der Waals surface area contributed by atoms with Gasteiger partial charge in [-0.05, 0) is 11.6 Å². The molecule has 0 bridgehead atoms. The van der Waals surface area contributed by atoms with Gasteiger partial charge in [-0.25, -0.2) is 0 Å². The minimum Gasteiger partial charge on any atom is -0.497 e. The van der Waals surface area contributed by atoms with E-state index in [1.165, 1.54) is 16.6 Å². The van der Waals surface area contributed by atoms with Crippen molar-refractivity contribution in [2.45, 2.75) is 13.0 Å². The molecule has 1 aromatic carbocycles. The molecule has 4 heteroatoms. The molecule has 0 radical (unpaired) electrons. The van der Waals surface area contributed by atoms with Crippen molar-refractivity contribution >= 4 is 10.9 Å². The standard InChI is InChI=1S/C14H18N2O2/c1-16-12-4-5-15-8-11(12)10-6-9(17-2)7-13(18-3)14(10)16/h6-7,15H,4-5,8H2,1-3H3. The molecule has 0 fully saturated rings. The second-order valence-corrected chi connectivity index (χ2v) is 4.64. The Bertz CT molecular complexity index is 602. The molecular weight excluding hydrogens is 228 g/mol. The van der Waals surface area contributed by atoms with Crippen molar-refractivity contribution < 1.29 is 9.47 Å². The van der Waals surface area contributed by atoms with Crippen molar-refractivity contribution in [2.75, 3.05) is 20.8 Å². The third-order valence-electron chi connectivity index (χ3n) is 3.76. The molecule has 3 rings (SSSR count). The van der Waals surface area contributed by atoms with Gasteiger partial charge in [0.25, 0.3) is 0 Å². The first kappa shape index (κ1) is 11.4. The van der Waals surface area contributed by atoms with Crippen LogP contribution in [0.15, 0.2) is 12.1 Å². The van der Waals surface area contributed by atoms with Crippen molar-refractivity contribution in [2.24, 2.45) is 7.05 Å². The molecule has 18 heavy (non-hydrogen) atoms. The first-order valence-corrected chi connectivity index (χ1v) is 6.19. The quantitative estimate of drug-likeness (QED) is 0.878. The highest BCUT2D eigenvalue weighted by atomic mass is 16.5. The lowest BCUT2D eigenvalue weighted by atomic mass is 10.1. The topological polar surface area (TPSA) is 35.4 Å². The lowest BCUT2D eigenvalue weighted by Crippen LogP contribution is -2.24. The summed E-state index contributed by atoms with van der Waals surface area (Å²) in [5, 5.41) is 4.66. The van der Waals surface area contributed by atoms with Gasteiger partial charge in [0.1, 0.15) is 11.5 Å². The van der Waals surface area contributed by atoms with Crippen molar-refractivity contribution in [3.63, 3.8) is 0 Å². The van der Waals surface area contributed by atoms with E-state index in [4.69, 9.17) is 9.47 Å². The van der Waals surface area contributed by atoms with Gasteiger partial charge in [-0.2, -0.15) is 0 Å². The minimum absolute atomic E-state index is 0.846. The Morgan fingerprint density at radius 3 is 2.78 bits per heavy atom. The maximum Gasteiger partial charge on any atom is 0.146 e. The van der Waals surface area contributed by atoms with E-state index in [1.54, 1.807) is 14.2 Å². The Morgan fingerprint density at radius 2 is 2.06 bits per heavy atom. The predicted molar refractivity (Wildman–Crippen MR) is 71.4 cm³/mol. The lowest BCUT2D eigenvalue weighted by molar-refractivity contribution is 0.397. The minimum atomic E-state index is 0.846. The van der Waals surface area contributed by atoms with E-state index in [0.717, 1.165) is 36.5 Å². The number of fused-ring (bicyclic) bond motifs is 3. The van der Waals surface area contributed by atoms with E-state index in [1.807, 2.05) is 6.07 Å². The van der Waals surface area contributed by atoms with Crippen LogP contribution in [-0.4, -0.2) is 25.3 Å². The maximum absolute atomic E-state index is 5.51. The van der Waals surface area contributed by atoms with Gasteiger partial charge < -0.3 is 19.4 Å². The van der Waals surface area contributed by atoms with Gasteiger partial charge in [-0.1, -0.05) is 0 Å². The summed E-state index contributed by atoms with van der Waals surface area (Å²) in [4.78, 5) is 0. The molecule has 4 nitrogen and oxygen atoms in total. The molecule has 0 saturated carbocycles. The number of nitrogens with one attached hydrogen (secondary N) is 1. The summed E-state index contributed by atoms with van der Waals surface area (Å²) in [7, 11) is 5.51. The van der Waals surface area contributed by atoms with Gasteiger partial charge in [0.05, 0.1) is 19.7 Å². The number of aryl methyl sites for hydroxylation is 1. The van der Waals surface area contributed by atoms with E-state index >= 15 is 0 Å². The highest BCUT2D eigenvalue weighted by molar-refractivity contribution is 5.92. The third kappa shape index (κ3) is 1.49. The monoisotopic (exact) mass is 246 g/mol.